The van der Waals surface area contributed by atoms with Gasteiger partial charge >= 0.3 is 6.09 Å². The summed E-state index contributed by atoms with van der Waals surface area (Å²) in [6.45, 7) is 6.61. The van der Waals surface area contributed by atoms with Crippen molar-refractivity contribution in [1.82, 2.24) is 10.2 Å². The molecule has 1 aliphatic rings. The summed E-state index contributed by atoms with van der Waals surface area (Å²) in [5, 5.41) is 2.81. The van der Waals surface area contributed by atoms with E-state index in [1.807, 2.05) is 43.9 Å². The topological polar surface area (TPSA) is 77.1 Å². The van der Waals surface area contributed by atoms with E-state index in [1.165, 1.54) is 0 Å². The lowest BCUT2D eigenvalue weighted by atomic mass is 10.0. The van der Waals surface area contributed by atoms with E-state index in [1.54, 1.807) is 14.2 Å². The SMILES string of the molecule is COc1cccc(CCC(=O)N2CCCCC2CNC(=O)OC(C)(C)C)c1OC. The normalized spacial score (nSPS) is 16.9. The van der Waals surface area contributed by atoms with Gasteiger partial charge in [0.15, 0.2) is 11.5 Å². The van der Waals surface area contributed by atoms with E-state index in [-0.39, 0.29) is 11.9 Å². The first kappa shape index (κ1) is 22.8. The zero-order chi connectivity index (χ0) is 21.4. The molecular weight excluding hydrogens is 372 g/mol. The van der Waals surface area contributed by atoms with Gasteiger partial charge in [-0.05, 0) is 58.1 Å². The number of hydrogen-bond donors (Lipinski definition) is 1. The number of alkyl carbamates (subject to hydrolysis) is 1. The standard InChI is InChI=1S/C22H34N2O5/c1-22(2,3)29-21(26)23-15-17-10-6-7-14-24(17)19(25)13-12-16-9-8-11-18(27-4)20(16)28-5/h8-9,11,17H,6-7,10,12-15H2,1-5H3,(H,23,26). The molecule has 1 saturated heterocycles. The predicted octanol–water partition coefficient (Wildman–Crippen LogP) is 3.54. The molecule has 1 unspecified atom stereocenters. The number of para-hydroxylation sites is 1. The molecule has 162 valence electrons. The number of ether oxygens (including phenoxy) is 3. The first-order chi connectivity index (χ1) is 13.7. The lowest BCUT2D eigenvalue weighted by Gasteiger charge is -2.36. The lowest BCUT2D eigenvalue weighted by molar-refractivity contribution is -0.134. The van der Waals surface area contributed by atoms with Crippen LogP contribution in [0.5, 0.6) is 11.5 Å². The van der Waals surface area contributed by atoms with Crippen LogP contribution in [0.15, 0.2) is 18.2 Å². The van der Waals surface area contributed by atoms with Gasteiger partial charge in [-0.3, -0.25) is 4.79 Å². The summed E-state index contributed by atoms with van der Waals surface area (Å²) in [6.07, 6.45) is 3.42. The Kier molecular flexibility index (Phi) is 8.17. The Morgan fingerprint density at radius 3 is 2.59 bits per heavy atom. The van der Waals surface area contributed by atoms with Crippen molar-refractivity contribution in [3.63, 3.8) is 0 Å². The quantitative estimate of drug-likeness (QED) is 0.749. The van der Waals surface area contributed by atoms with Crippen molar-refractivity contribution >= 4 is 12.0 Å². The third-order valence-electron chi connectivity index (χ3n) is 4.92. The maximum Gasteiger partial charge on any atom is 0.407 e. The van der Waals surface area contributed by atoms with Crippen molar-refractivity contribution in [3.8, 4) is 11.5 Å². The fourth-order valence-corrected chi connectivity index (χ4v) is 3.59. The molecule has 2 amide bonds. The number of likely N-dealkylation sites (tertiary alicyclic amines) is 1. The van der Waals surface area contributed by atoms with Gasteiger partial charge in [0, 0.05) is 25.6 Å². The van der Waals surface area contributed by atoms with E-state index < -0.39 is 11.7 Å². The van der Waals surface area contributed by atoms with Gasteiger partial charge < -0.3 is 24.4 Å². The molecule has 1 N–H and O–H groups in total. The smallest absolute Gasteiger partial charge is 0.407 e. The average Bonchev–Trinajstić information content (AvgIpc) is 2.68. The molecule has 1 heterocycles. The number of rotatable bonds is 7. The number of amides is 2. The number of nitrogens with one attached hydrogen (secondary N) is 1. The van der Waals surface area contributed by atoms with E-state index in [4.69, 9.17) is 14.2 Å². The number of hydrogen-bond acceptors (Lipinski definition) is 5. The van der Waals surface area contributed by atoms with Gasteiger partial charge in [-0.1, -0.05) is 12.1 Å². The maximum absolute atomic E-state index is 12.9. The Morgan fingerprint density at radius 1 is 1.17 bits per heavy atom. The third kappa shape index (κ3) is 6.84. The molecule has 1 aliphatic heterocycles. The van der Waals surface area contributed by atoms with E-state index in [0.29, 0.717) is 30.9 Å². The van der Waals surface area contributed by atoms with Crippen LogP contribution in [0.3, 0.4) is 0 Å². The van der Waals surface area contributed by atoms with Gasteiger partial charge in [-0.25, -0.2) is 4.79 Å². The second-order valence-electron chi connectivity index (χ2n) is 8.27. The number of piperidine rings is 1. The molecule has 2 rings (SSSR count). The van der Waals surface area contributed by atoms with Gasteiger partial charge in [0.25, 0.3) is 0 Å². The largest absolute Gasteiger partial charge is 0.493 e. The van der Waals surface area contributed by atoms with E-state index >= 15 is 0 Å². The fraction of sp³-hybridized carbons (Fsp3) is 0.636. The molecule has 7 heteroatoms. The Hall–Kier alpha value is -2.44. The van der Waals surface area contributed by atoms with Crippen molar-refractivity contribution in [2.24, 2.45) is 0 Å². The van der Waals surface area contributed by atoms with E-state index in [2.05, 4.69) is 5.32 Å². The summed E-state index contributed by atoms with van der Waals surface area (Å²) in [5.74, 6) is 1.42. The highest BCUT2D eigenvalue weighted by atomic mass is 16.6. The van der Waals surface area contributed by atoms with Crippen LogP contribution in [0.25, 0.3) is 0 Å². The van der Waals surface area contributed by atoms with Crippen LogP contribution in [0.4, 0.5) is 4.79 Å². The van der Waals surface area contributed by atoms with Gasteiger partial charge in [0.1, 0.15) is 5.60 Å². The van der Waals surface area contributed by atoms with Crippen molar-refractivity contribution < 1.29 is 23.8 Å². The van der Waals surface area contributed by atoms with E-state index in [0.717, 1.165) is 31.4 Å². The molecule has 1 aromatic carbocycles. The number of methoxy groups -OCH3 is 2. The van der Waals surface area contributed by atoms with Gasteiger partial charge in [0.05, 0.1) is 14.2 Å². The molecule has 0 radical (unpaired) electrons. The number of carbonyl (C=O) groups excluding carboxylic acids is 2. The van der Waals surface area contributed by atoms with Crippen LogP contribution in [-0.4, -0.2) is 55.9 Å². The molecule has 0 aromatic heterocycles. The summed E-state index contributed by atoms with van der Waals surface area (Å²) in [6, 6.07) is 5.69. The van der Waals surface area contributed by atoms with Crippen LogP contribution in [0.2, 0.25) is 0 Å². The van der Waals surface area contributed by atoms with Crippen LogP contribution in [0.1, 0.15) is 52.0 Å². The van der Waals surface area contributed by atoms with Crippen molar-refractivity contribution in [2.75, 3.05) is 27.3 Å². The highest BCUT2D eigenvalue weighted by molar-refractivity contribution is 5.77. The molecule has 0 aliphatic carbocycles. The van der Waals surface area contributed by atoms with Crippen LogP contribution >= 0.6 is 0 Å². The Bertz CT molecular complexity index is 699. The molecule has 0 saturated carbocycles. The summed E-state index contributed by atoms with van der Waals surface area (Å²) in [7, 11) is 3.20. The van der Waals surface area contributed by atoms with Crippen molar-refractivity contribution in [1.29, 1.82) is 0 Å². The highest BCUT2D eigenvalue weighted by Gasteiger charge is 2.27. The highest BCUT2D eigenvalue weighted by Crippen LogP contribution is 2.31. The summed E-state index contributed by atoms with van der Waals surface area (Å²) >= 11 is 0. The second-order valence-corrected chi connectivity index (χ2v) is 8.27. The predicted molar refractivity (Wildman–Crippen MR) is 111 cm³/mol. The number of benzene rings is 1. The molecule has 29 heavy (non-hydrogen) atoms. The average molecular weight is 407 g/mol. The van der Waals surface area contributed by atoms with Gasteiger partial charge in [0.2, 0.25) is 5.91 Å². The van der Waals surface area contributed by atoms with Gasteiger partial charge in [-0.15, -0.1) is 0 Å². The van der Waals surface area contributed by atoms with Crippen molar-refractivity contribution in [2.45, 2.75) is 64.5 Å². The van der Waals surface area contributed by atoms with E-state index in [9.17, 15) is 9.59 Å². The molecule has 1 aromatic rings. The minimum Gasteiger partial charge on any atom is -0.493 e. The Labute approximate surface area is 173 Å². The van der Waals surface area contributed by atoms with Crippen LogP contribution in [0, 0.1) is 0 Å². The van der Waals surface area contributed by atoms with Crippen LogP contribution < -0.4 is 14.8 Å². The molecular formula is C22H34N2O5. The van der Waals surface area contributed by atoms with Gasteiger partial charge in [-0.2, -0.15) is 0 Å². The number of nitrogens with zero attached hydrogens (tertiary/aromatic N) is 1. The molecule has 0 bridgehead atoms. The van der Waals surface area contributed by atoms with Crippen molar-refractivity contribution in [3.05, 3.63) is 23.8 Å². The number of carbonyl (C=O) groups is 2. The molecule has 0 spiro atoms. The monoisotopic (exact) mass is 406 g/mol. The summed E-state index contributed by atoms with van der Waals surface area (Å²) in [5.41, 5.74) is 0.405. The minimum absolute atomic E-state index is 0.00373. The first-order valence-electron chi connectivity index (χ1n) is 10.2. The molecule has 1 atom stereocenters. The zero-order valence-corrected chi connectivity index (χ0v) is 18.2. The maximum atomic E-state index is 12.9. The molecule has 7 nitrogen and oxygen atoms in total. The Morgan fingerprint density at radius 2 is 1.93 bits per heavy atom. The first-order valence-corrected chi connectivity index (χ1v) is 10.2. The molecule has 1 fully saturated rings. The minimum atomic E-state index is -0.540. The zero-order valence-electron chi connectivity index (χ0n) is 18.2. The number of aryl methyl sites for hydroxylation is 1. The summed E-state index contributed by atoms with van der Waals surface area (Å²) < 4.78 is 16.1. The summed E-state index contributed by atoms with van der Waals surface area (Å²) in [4.78, 5) is 26.8. The van der Waals surface area contributed by atoms with Crippen LogP contribution in [-0.2, 0) is 16.0 Å². The lowest BCUT2D eigenvalue weighted by Crippen LogP contribution is -2.50. The fourth-order valence-electron chi connectivity index (χ4n) is 3.59. The second kappa shape index (κ2) is 10.4. The third-order valence-corrected chi connectivity index (χ3v) is 4.92. The Balaban J connectivity index is 1.95.